The van der Waals surface area contributed by atoms with Gasteiger partial charge in [0.2, 0.25) is 0 Å². The fourth-order valence-corrected chi connectivity index (χ4v) is 3.94. The maximum atomic E-state index is 12.9. The van der Waals surface area contributed by atoms with Gasteiger partial charge in [-0.15, -0.1) is 11.3 Å². The van der Waals surface area contributed by atoms with E-state index >= 15 is 0 Å². The number of nitrogens with one attached hydrogen (secondary N) is 1. The predicted octanol–water partition coefficient (Wildman–Crippen LogP) is 5.13. The summed E-state index contributed by atoms with van der Waals surface area (Å²) in [7, 11) is 0. The van der Waals surface area contributed by atoms with Crippen LogP contribution in [0.4, 0.5) is 0 Å². The Morgan fingerprint density at radius 3 is 2.37 bits per heavy atom. The second kappa shape index (κ2) is 9.11. The van der Waals surface area contributed by atoms with E-state index in [9.17, 15) is 9.59 Å². The van der Waals surface area contributed by atoms with E-state index in [1.54, 1.807) is 60.9 Å². The lowest BCUT2D eigenvalue weighted by Crippen LogP contribution is -2.25. The average molecular weight is 478 g/mol. The number of ketones is 1. The highest BCUT2D eigenvalue weighted by molar-refractivity contribution is 9.10. The van der Waals surface area contributed by atoms with Gasteiger partial charge in [-0.3, -0.25) is 14.6 Å². The summed E-state index contributed by atoms with van der Waals surface area (Å²) in [5.74, 6) is -0.501. The first-order valence-electron chi connectivity index (χ1n) is 9.14. The molecule has 2 heterocycles. The van der Waals surface area contributed by atoms with Crippen LogP contribution in [0.2, 0.25) is 0 Å². The number of benzene rings is 2. The summed E-state index contributed by atoms with van der Waals surface area (Å²) in [6.45, 7) is 0.287. The van der Waals surface area contributed by atoms with Crippen molar-refractivity contribution in [2.75, 3.05) is 0 Å². The molecule has 148 valence electrons. The van der Waals surface area contributed by atoms with E-state index in [1.165, 1.54) is 11.3 Å². The molecule has 0 radical (unpaired) electrons. The number of hydrogen-bond donors (Lipinski definition) is 1. The Morgan fingerprint density at radius 1 is 0.933 bits per heavy atom. The van der Waals surface area contributed by atoms with Gasteiger partial charge in [-0.05, 0) is 42.5 Å². The third-order valence-electron chi connectivity index (χ3n) is 4.45. The fraction of sp³-hybridized carbons (Fsp3) is 0.0435. The molecule has 0 atom stereocenters. The van der Waals surface area contributed by atoms with Gasteiger partial charge in [0.15, 0.2) is 5.78 Å². The number of pyridine rings is 1. The monoisotopic (exact) mass is 477 g/mol. The molecule has 0 aliphatic carbocycles. The van der Waals surface area contributed by atoms with Gasteiger partial charge in [-0.2, -0.15) is 0 Å². The minimum atomic E-state index is -0.309. The van der Waals surface area contributed by atoms with Crippen molar-refractivity contribution >= 4 is 39.0 Å². The topological polar surface area (TPSA) is 72.0 Å². The van der Waals surface area contributed by atoms with Crippen LogP contribution in [-0.4, -0.2) is 21.7 Å². The molecule has 7 heteroatoms. The van der Waals surface area contributed by atoms with E-state index in [0.717, 1.165) is 20.7 Å². The van der Waals surface area contributed by atoms with Gasteiger partial charge in [0.1, 0.15) is 5.01 Å². The summed E-state index contributed by atoms with van der Waals surface area (Å²) in [5, 5.41) is 5.60. The molecule has 4 rings (SSSR count). The lowest BCUT2D eigenvalue weighted by atomic mass is 9.98. The summed E-state index contributed by atoms with van der Waals surface area (Å²) in [6, 6.07) is 17.7. The van der Waals surface area contributed by atoms with Crippen LogP contribution in [0.25, 0.3) is 11.3 Å². The van der Waals surface area contributed by atoms with Crippen LogP contribution in [0.3, 0.4) is 0 Å². The van der Waals surface area contributed by atoms with Crippen molar-refractivity contribution in [1.29, 1.82) is 0 Å². The Bertz CT molecular complexity index is 1190. The van der Waals surface area contributed by atoms with E-state index in [0.29, 0.717) is 16.7 Å². The minimum absolute atomic E-state index is 0.192. The van der Waals surface area contributed by atoms with E-state index in [4.69, 9.17) is 0 Å². The van der Waals surface area contributed by atoms with Gasteiger partial charge in [0, 0.05) is 38.9 Å². The van der Waals surface area contributed by atoms with Crippen molar-refractivity contribution < 1.29 is 9.59 Å². The molecule has 2 aromatic heterocycles. The standard InChI is InChI=1S/C23H16BrN3O2S/c24-17-7-5-16(6-8-17)22(28)18-3-1-2-4-19(18)23(29)26-13-21-27-20(14-30-21)15-9-11-25-12-10-15/h1-12,14H,13H2,(H,26,29). The van der Waals surface area contributed by atoms with Crippen molar-refractivity contribution in [3.63, 3.8) is 0 Å². The molecular formula is C23H16BrN3O2S. The van der Waals surface area contributed by atoms with Gasteiger partial charge in [-0.1, -0.05) is 34.1 Å². The largest absolute Gasteiger partial charge is 0.346 e. The molecule has 0 unspecified atom stereocenters. The number of amides is 1. The Morgan fingerprint density at radius 2 is 1.63 bits per heavy atom. The molecule has 0 aliphatic rings. The molecule has 30 heavy (non-hydrogen) atoms. The lowest BCUT2D eigenvalue weighted by molar-refractivity contribution is 0.0939. The van der Waals surface area contributed by atoms with Crippen LogP contribution in [-0.2, 0) is 6.54 Å². The highest BCUT2D eigenvalue weighted by Gasteiger charge is 2.18. The van der Waals surface area contributed by atoms with Gasteiger partial charge >= 0.3 is 0 Å². The van der Waals surface area contributed by atoms with Crippen LogP contribution in [0, 0.1) is 0 Å². The Hall–Kier alpha value is -3.16. The molecule has 0 spiro atoms. The number of aromatic nitrogens is 2. The first kappa shape index (κ1) is 20.1. The number of hydrogen-bond acceptors (Lipinski definition) is 5. The fourth-order valence-electron chi connectivity index (χ4n) is 2.93. The third-order valence-corrected chi connectivity index (χ3v) is 5.83. The van der Waals surface area contributed by atoms with Gasteiger partial charge in [-0.25, -0.2) is 4.98 Å². The van der Waals surface area contributed by atoms with Crippen LogP contribution in [0.5, 0.6) is 0 Å². The van der Waals surface area contributed by atoms with Crippen LogP contribution in [0.1, 0.15) is 31.3 Å². The zero-order valence-corrected chi connectivity index (χ0v) is 18.1. The number of rotatable bonds is 6. The normalized spacial score (nSPS) is 10.6. The number of halogens is 1. The van der Waals surface area contributed by atoms with E-state index in [-0.39, 0.29) is 18.2 Å². The minimum Gasteiger partial charge on any atom is -0.346 e. The third kappa shape index (κ3) is 4.53. The molecule has 0 aliphatic heterocycles. The molecule has 1 N–H and O–H groups in total. The smallest absolute Gasteiger partial charge is 0.252 e. The van der Waals surface area contributed by atoms with Crippen molar-refractivity contribution in [3.8, 4) is 11.3 Å². The number of carbonyl (C=O) groups excluding carboxylic acids is 2. The highest BCUT2D eigenvalue weighted by atomic mass is 79.9. The molecule has 4 aromatic rings. The molecule has 5 nitrogen and oxygen atoms in total. The Balaban J connectivity index is 1.49. The number of nitrogens with zero attached hydrogens (tertiary/aromatic N) is 2. The van der Waals surface area contributed by atoms with Crippen LogP contribution < -0.4 is 5.32 Å². The molecule has 0 fully saturated rings. The molecular weight excluding hydrogens is 462 g/mol. The van der Waals surface area contributed by atoms with E-state index in [1.807, 2.05) is 17.5 Å². The molecule has 1 amide bonds. The highest BCUT2D eigenvalue weighted by Crippen LogP contribution is 2.21. The lowest BCUT2D eigenvalue weighted by Gasteiger charge is -2.09. The van der Waals surface area contributed by atoms with Crippen molar-refractivity contribution in [2.24, 2.45) is 0 Å². The van der Waals surface area contributed by atoms with Crippen LogP contribution >= 0.6 is 27.3 Å². The zero-order valence-electron chi connectivity index (χ0n) is 15.7. The Kier molecular flexibility index (Phi) is 6.11. The first-order chi connectivity index (χ1) is 14.6. The van der Waals surface area contributed by atoms with Crippen molar-refractivity contribution in [3.05, 3.63) is 105 Å². The maximum Gasteiger partial charge on any atom is 0.252 e. The SMILES string of the molecule is O=C(NCc1nc(-c2ccncc2)cs1)c1ccccc1C(=O)c1ccc(Br)cc1. The number of carbonyl (C=O) groups is 2. The van der Waals surface area contributed by atoms with Crippen molar-refractivity contribution in [1.82, 2.24) is 15.3 Å². The first-order valence-corrected chi connectivity index (χ1v) is 10.8. The summed E-state index contributed by atoms with van der Waals surface area (Å²) < 4.78 is 0.889. The second-order valence-electron chi connectivity index (χ2n) is 6.43. The summed E-state index contributed by atoms with van der Waals surface area (Å²) >= 11 is 4.84. The molecule has 0 bridgehead atoms. The second-order valence-corrected chi connectivity index (χ2v) is 8.28. The number of thiazole rings is 1. The predicted molar refractivity (Wildman–Crippen MR) is 121 cm³/mol. The summed E-state index contributed by atoms with van der Waals surface area (Å²) in [4.78, 5) is 34.3. The van der Waals surface area contributed by atoms with Crippen molar-refractivity contribution in [2.45, 2.75) is 6.54 Å². The molecule has 0 saturated heterocycles. The quantitative estimate of drug-likeness (QED) is 0.390. The zero-order chi connectivity index (χ0) is 20.9. The van der Waals surface area contributed by atoms with Gasteiger partial charge < -0.3 is 5.32 Å². The van der Waals surface area contributed by atoms with E-state index < -0.39 is 0 Å². The summed E-state index contributed by atoms with van der Waals surface area (Å²) in [5.41, 5.74) is 3.06. The van der Waals surface area contributed by atoms with Gasteiger partial charge in [0.25, 0.3) is 5.91 Å². The van der Waals surface area contributed by atoms with Crippen LogP contribution in [0.15, 0.2) is 82.9 Å². The summed E-state index contributed by atoms with van der Waals surface area (Å²) in [6.07, 6.45) is 3.44. The molecule has 2 aromatic carbocycles. The van der Waals surface area contributed by atoms with Gasteiger partial charge in [0.05, 0.1) is 17.8 Å². The Labute approximate surface area is 186 Å². The molecule has 0 saturated carbocycles. The van der Waals surface area contributed by atoms with E-state index in [2.05, 4.69) is 31.2 Å². The average Bonchev–Trinajstić information content (AvgIpc) is 3.27. The maximum absolute atomic E-state index is 12.9.